The smallest absolute Gasteiger partial charge is 0.263 e. The van der Waals surface area contributed by atoms with E-state index in [4.69, 9.17) is 16.3 Å². The third kappa shape index (κ3) is 7.87. The molecule has 0 spiro atoms. The van der Waals surface area contributed by atoms with E-state index in [1.807, 2.05) is 13.0 Å². The van der Waals surface area contributed by atoms with E-state index in [0.29, 0.717) is 27.5 Å². The van der Waals surface area contributed by atoms with Gasteiger partial charge in [-0.2, -0.15) is 0 Å². The number of aromatic nitrogens is 2. The van der Waals surface area contributed by atoms with Gasteiger partial charge in [-0.15, -0.1) is 0 Å². The van der Waals surface area contributed by atoms with Crippen LogP contribution in [0.25, 0.3) is 11.0 Å². The van der Waals surface area contributed by atoms with Gasteiger partial charge < -0.3 is 20.3 Å². The van der Waals surface area contributed by atoms with Gasteiger partial charge in [0, 0.05) is 17.7 Å². The van der Waals surface area contributed by atoms with Gasteiger partial charge in [0.25, 0.3) is 15.9 Å². The quantitative estimate of drug-likeness (QED) is 0.176. The molecule has 0 saturated heterocycles. The minimum atomic E-state index is -4.17. The molecule has 1 amide bonds. The minimum Gasteiger partial charge on any atom is -0.497 e. The number of benzene rings is 3. The van der Waals surface area contributed by atoms with Crippen molar-refractivity contribution in [1.29, 1.82) is 0 Å². The van der Waals surface area contributed by atoms with Gasteiger partial charge in [-0.05, 0) is 82.4 Å². The lowest BCUT2D eigenvalue weighted by atomic mass is 10.1. The Kier molecular flexibility index (Phi) is 10.2. The van der Waals surface area contributed by atoms with Crippen LogP contribution in [-0.4, -0.2) is 62.5 Å². The van der Waals surface area contributed by atoms with Crippen molar-refractivity contribution in [1.82, 2.24) is 20.2 Å². The summed E-state index contributed by atoms with van der Waals surface area (Å²) in [6.07, 6.45) is 1.75. The Morgan fingerprint density at radius 2 is 1.74 bits per heavy atom. The third-order valence-corrected chi connectivity index (χ3v) is 8.40. The van der Waals surface area contributed by atoms with Gasteiger partial charge in [-0.1, -0.05) is 36.7 Å². The molecule has 1 aromatic heterocycles. The number of hydrogen-bond acceptors (Lipinski definition) is 8. The van der Waals surface area contributed by atoms with Crippen LogP contribution in [0.15, 0.2) is 71.6 Å². The predicted octanol–water partition coefficient (Wildman–Crippen LogP) is 5.69. The van der Waals surface area contributed by atoms with Gasteiger partial charge in [0.2, 0.25) is 0 Å². The Morgan fingerprint density at radius 1 is 1.02 bits per heavy atom. The van der Waals surface area contributed by atoms with Crippen LogP contribution in [0.1, 0.15) is 37.0 Å². The molecule has 0 bridgehead atoms. The summed E-state index contributed by atoms with van der Waals surface area (Å²) in [5.41, 5.74) is 1.73. The number of fused-ring (bicyclic) bond motifs is 1. The zero-order valence-electron chi connectivity index (χ0n) is 24.0. The highest BCUT2D eigenvalue weighted by molar-refractivity contribution is 7.92. The molecule has 12 heteroatoms. The first-order chi connectivity index (χ1) is 20.1. The lowest BCUT2D eigenvalue weighted by molar-refractivity contribution is 0.0937. The Labute approximate surface area is 251 Å². The summed E-state index contributed by atoms with van der Waals surface area (Å²) in [6, 6.07) is 17.9. The average molecular weight is 611 g/mol. The monoisotopic (exact) mass is 610 g/mol. The van der Waals surface area contributed by atoms with Crippen molar-refractivity contribution < 1.29 is 17.9 Å². The lowest BCUT2D eigenvalue weighted by Gasteiger charge is -2.17. The Hall–Kier alpha value is -3.93. The molecule has 0 aliphatic rings. The topological polar surface area (TPSA) is 126 Å². The molecular formula is C30H35ClN6O4S. The number of carbonyl (C=O) groups is 1. The second kappa shape index (κ2) is 13.8. The van der Waals surface area contributed by atoms with Crippen LogP contribution in [0.4, 0.5) is 17.3 Å². The molecule has 4 rings (SSSR count). The zero-order valence-corrected chi connectivity index (χ0v) is 25.6. The molecule has 4 aromatic rings. The molecule has 3 aromatic carbocycles. The van der Waals surface area contributed by atoms with Crippen LogP contribution in [0, 0.1) is 0 Å². The number of halogens is 1. The Balaban J connectivity index is 1.58. The summed E-state index contributed by atoms with van der Waals surface area (Å²) in [4.78, 5) is 24.2. The van der Waals surface area contributed by atoms with Crippen LogP contribution in [0.5, 0.6) is 5.75 Å². The molecule has 222 valence electrons. The minimum absolute atomic E-state index is 0.0342. The number of para-hydroxylation sites is 2. The van der Waals surface area contributed by atoms with Gasteiger partial charge in [0.05, 0.1) is 33.7 Å². The molecule has 1 heterocycles. The summed E-state index contributed by atoms with van der Waals surface area (Å²) in [7, 11) is -0.580. The van der Waals surface area contributed by atoms with Crippen molar-refractivity contribution in [2.45, 2.75) is 37.6 Å². The standard InChI is InChI=1S/C30H35ClN6O4S/c1-5-37(3)17-9-10-20(2)32-30(38)21-11-8-12-23(18-21)42(39,40)36-29-28(33-25-13-6-7-14-26(25)34-29)35-27-19-22(41-4)15-16-24(27)31/h6-8,11-16,18-20H,5,9-10,17H2,1-4H3,(H,32,38)(H,33,35)(H,34,36). The van der Waals surface area contributed by atoms with Crippen LogP contribution in [-0.2, 0) is 10.0 Å². The van der Waals surface area contributed by atoms with Crippen molar-refractivity contribution in [3.63, 3.8) is 0 Å². The molecule has 1 unspecified atom stereocenters. The maximum absolute atomic E-state index is 13.6. The number of nitrogens with zero attached hydrogens (tertiary/aromatic N) is 3. The summed E-state index contributed by atoms with van der Waals surface area (Å²) >= 11 is 6.39. The first kappa shape index (κ1) is 31.0. The van der Waals surface area contributed by atoms with Gasteiger partial charge in [-0.25, -0.2) is 18.4 Å². The SMILES string of the molecule is CCN(C)CCCC(C)NC(=O)c1cccc(S(=O)(=O)Nc2nc3ccccc3nc2Nc2cc(OC)ccc2Cl)c1. The molecular weight excluding hydrogens is 576 g/mol. The third-order valence-electron chi connectivity index (χ3n) is 6.73. The van der Waals surface area contributed by atoms with Crippen molar-refractivity contribution in [2.75, 3.05) is 37.3 Å². The number of methoxy groups -OCH3 is 1. The first-order valence-electron chi connectivity index (χ1n) is 13.6. The fourth-order valence-corrected chi connectivity index (χ4v) is 5.43. The number of anilines is 3. The average Bonchev–Trinajstić information content (AvgIpc) is 2.98. The normalized spacial score (nSPS) is 12.2. The van der Waals surface area contributed by atoms with E-state index < -0.39 is 10.0 Å². The highest BCUT2D eigenvalue weighted by atomic mass is 35.5. The van der Waals surface area contributed by atoms with E-state index in [2.05, 4.69) is 44.2 Å². The van der Waals surface area contributed by atoms with Gasteiger partial charge in [0.15, 0.2) is 11.6 Å². The molecule has 42 heavy (non-hydrogen) atoms. The van der Waals surface area contributed by atoms with E-state index in [0.717, 1.165) is 25.9 Å². The number of nitrogens with one attached hydrogen (secondary N) is 3. The zero-order chi connectivity index (χ0) is 30.3. The molecule has 3 N–H and O–H groups in total. The molecule has 10 nitrogen and oxygen atoms in total. The number of rotatable bonds is 13. The van der Waals surface area contributed by atoms with Crippen molar-refractivity contribution in [2.24, 2.45) is 0 Å². The summed E-state index contributed by atoms with van der Waals surface area (Å²) in [5, 5.41) is 6.42. The van der Waals surface area contributed by atoms with Crippen LogP contribution >= 0.6 is 11.6 Å². The van der Waals surface area contributed by atoms with E-state index in [1.54, 1.807) is 42.5 Å². The van der Waals surface area contributed by atoms with Crippen LogP contribution in [0.2, 0.25) is 5.02 Å². The largest absolute Gasteiger partial charge is 0.497 e. The Morgan fingerprint density at radius 3 is 2.43 bits per heavy atom. The van der Waals surface area contributed by atoms with E-state index in [-0.39, 0.29) is 34.0 Å². The number of hydrogen-bond donors (Lipinski definition) is 3. The fourth-order valence-electron chi connectivity index (χ4n) is 4.21. The maximum atomic E-state index is 13.6. The maximum Gasteiger partial charge on any atom is 0.263 e. The second-order valence-electron chi connectivity index (χ2n) is 9.93. The number of sulfonamides is 1. The van der Waals surface area contributed by atoms with Crippen molar-refractivity contribution in [3.05, 3.63) is 77.3 Å². The van der Waals surface area contributed by atoms with E-state index in [1.165, 1.54) is 25.3 Å². The summed E-state index contributed by atoms with van der Waals surface area (Å²) in [5.74, 6) is 0.316. The molecule has 0 aliphatic heterocycles. The summed E-state index contributed by atoms with van der Waals surface area (Å²) in [6.45, 7) is 5.94. The van der Waals surface area contributed by atoms with Crippen molar-refractivity contribution in [3.8, 4) is 5.75 Å². The molecule has 0 saturated carbocycles. The summed E-state index contributed by atoms with van der Waals surface area (Å²) < 4.78 is 34.9. The van der Waals surface area contributed by atoms with Gasteiger partial charge in [0.1, 0.15) is 5.75 Å². The predicted molar refractivity (Wildman–Crippen MR) is 167 cm³/mol. The van der Waals surface area contributed by atoms with Crippen LogP contribution in [0.3, 0.4) is 0 Å². The molecule has 0 radical (unpaired) electrons. The molecule has 0 fully saturated rings. The van der Waals surface area contributed by atoms with E-state index in [9.17, 15) is 13.2 Å². The molecule has 0 aliphatic carbocycles. The lowest BCUT2D eigenvalue weighted by Crippen LogP contribution is -2.33. The highest BCUT2D eigenvalue weighted by Gasteiger charge is 2.21. The van der Waals surface area contributed by atoms with Gasteiger partial charge in [-0.3, -0.25) is 9.52 Å². The number of amides is 1. The van der Waals surface area contributed by atoms with Crippen molar-refractivity contribution >= 4 is 55.9 Å². The highest BCUT2D eigenvalue weighted by Crippen LogP contribution is 2.32. The Bertz CT molecular complexity index is 1670. The first-order valence-corrected chi connectivity index (χ1v) is 15.5. The number of ether oxygens (including phenoxy) is 1. The van der Waals surface area contributed by atoms with Gasteiger partial charge >= 0.3 is 0 Å². The number of carbonyl (C=O) groups excluding carboxylic acids is 1. The molecule has 1 atom stereocenters. The fraction of sp³-hybridized carbons (Fsp3) is 0.300. The second-order valence-corrected chi connectivity index (χ2v) is 12.0. The van der Waals surface area contributed by atoms with E-state index >= 15 is 0 Å². The van der Waals surface area contributed by atoms with Crippen LogP contribution < -0.4 is 20.1 Å².